The van der Waals surface area contributed by atoms with Gasteiger partial charge in [0.05, 0.1) is 11.6 Å². The maximum Gasteiger partial charge on any atom is 0.324 e. The Hall–Kier alpha value is -2.39. The van der Waals surface area contributed by atoms with Gasteiger partial charge in [-0.2, -0.15) is 5.26 Å². The van der Waals surface area contributed by atoms with E-state index in [4.69, 9.17) is 5.26 Å². The molecule has 2 fully saturated rings. The van der Waals surface area contributed by atoms with Crippen LogP contribution in [0.15, 0.2) is 24.3 Å². The average Bonchev–Trinajstić information content (AvgIpc) is 2.75. The molecule has 0 radical (unpaired) electrons. The molecular formula is C16H18N4O2. The number of carbonyl (C=O) groups excluding carboxylic acids is 2. The molecule has 1 N–H and O–H groups in total. The summed E-state index contributed by atoms with van der Waals surface area (Å²) in [6, 6.07) is 9.45. The second-order valence-corrected chi connectivity index (χ2v) is 5.92. The molecule has 114 valence electrons. The van der Waals surface area contributed by atoms with Crippen molar-refractivity contribution in [2.45, 2.75) is 24.9 Å². The number of urea groups is 1. The van der Waals surface area contributed by atoms with E-state index >= 15 is 0 Å². The zero-order valence-corrected chi connectivity index (χ0v) is 12.5. The van der Waals surface area contributed by atoms with Crippen LogP contribution in [0, 0.1) is 11.3 Å². The third-order valence-electron chi connectivity index (χ3n) is 4.61. The highest BCUT2D eigenvalue weighted by Crippen LogP contribution is 2.29. The van der Waals surface area contributed by atoms with Crippen LogP contribution in [0.25, 0.3) is 0 Å². The van der Waals surface area contributed by atoms with Crippen LogP contribution in [0.4, 0.5) is 4.79 Å². The molecule has 1 spiro atoms. The van der Waals surface area contributed by atoms with Gasteiger partial charge in [0, 0.05) is 26.7 Å². The number of imide groups is 1. The lowest BCUT2D eigenvalue weighted by molar-refractivity contribution is -0.132. The first-order chi connectivity index (χ1) is 10.6. The summed E-state index contributed by atoms with van der Waals surface area (Å²) >= 11 is 0. The Morgan fingerprint density at radius 2 is 1.95 bits per heavy atom. The minimum absolute atomic E-state index is 0.130. The molecule has 2 aliphatic heterocycles. The third-order valence-corrected chi connectivity index (χ3v) is 4.61. The number of likely N-dealkylation sites (tertiary alicyclic amines) is 1. The topological polar surface area (TPSA) is 76.4 Å². The number of carbonyl (C=O) groups is 2. The van der Waals surface area contributed by atoms with Gasteiger partial charge in [0.25, 0.3) is 5.91 Å². The van der Waals surface area contributed by atoms with Crippen molar-refractivity contribution >= 4 is 11.9 Å². The molecular weight excluding hydrogens is 280 g/mol. The van der Waals surface area contributed by atoms with Gasteiger partial charge >= 0.3 is 6.03 Å². The number of benzene rings is 1. The summed E-state index contributed by atoms with van der Waals surface area (Å²) in [7, 11) is 1.52. The summed E-state index contributed by atoms with van der Waals surface area (Å²) in [5.41, 5.74) is 0.962. The van der Waals surface area contributed by atoms with E-state index < -0.39 is 5.54 Å². The second kappa shape index (κ2) is 5.43. The van der Waals surface area contributed by atoms with Crippen LogP contribution in [-0.2, 0) is 11.3 Å². The van der Waals surface area contributed by atoms with Gasteiger partial charge in [-0.3, -0.25) is 14.6 Å². The van der Waals surface area contributed by atoms with E-state index in [-0.39, 0.29) is 11.9 Å². The standard InChI is InChI=1S/C16H18N4O2/c1-19-14(21)16(18-15(19)22)6-8-20(9-7-16)11-13-5-3-2-4-12(13)10-17/h2-5H,6-9,11H2,1H3,(H,18,22). The highest BCUT2D eigenvalue weighted by Gasteiger charge is 2.50. The van der Waals surface area contributed by atoms with Crippen molar-refractivity contribution in [1.82, 2.24) is 15.1 Å². The SMILES string of the molecule is CN1C(=O)NC2(CCN(Cc3ccccc3C#N)CC2)C1=O. The van der Waals surface area contributed by atoms with E-state index in [2.05, 4.69) is 16.3 Å². The molecule has 0 atom stereocenters. The Labute approximate surface area is 129 Å². The van der Waals surface area contributed by atoms with E-state index in [1.807, 2.05) is 24.3 Å². The Morgan fingerprint density at radius 3 is 2.55 bits per heavy atom. The van der Waals surface area contributed by atoms with E-state index in [9.17, 15) is 9.59 Å². The maximum absolute atomic E-state index is 12.2. The largest absolute Gasteiger partial charge is 0.324 e. The molecule has 2 aliphatic rings. The van der Waals surface area contributed by atoms with Crippen LogP contribution in [0.1, 0.15) is 24.0 Å². The van der Waals surface area contributed by atoms with E-state index in [1.165, 1.54) is 11.9 Å². The Balaban J connectivity index is 1.67. The minimum atomic E-state index is -0.725. The summed E-state index contributed by atoms with van der Waals surface area (Å²) in [5, 5.41) is 12.0. The molecule has 6 heteroatoms. The Morgan fingerprint density at radius 1 is 1.27 bits per heavy atom. The summed E-state index contributed by atoms with van der Waals surface area (Å²) in [4.78, 5) is 27.3. The Kier molecular flexibility index (Phi) is 3.59. The molecule has 0 aliphatic carbocycles. The van der Waals surface area contributed by atoms with E-state index in [0.717, 1.165) is 18.7 Å². The average molecular weight is 298 g/mol. The van der Waals surface area contributed by atoms with Crippen LogP contribution >= 0.6 is 0 Å². The van der Waals surface area contributed by atoms with Gasteiger partial charge in [-0.15, -0.1) is 0 Å². The number of piperidine rings is 1. The number of hydrogen-bond acceptors (Lipinski definition) is 4. The van der Waals surface area contributed by atoms with Crippen LogP contribution in [0.2, 0.25) is 0 Å². The fourth-order valence-corrected chi connectivity index (χ4v) is 3.20. The highest BCUT2D eigenvalue weighted by atomic mass is 16.2. The molecule has 3 rings (SSSR count). The van der Waals surface area contributed by atoms with Crippen LogP contribution in [0.3, 0.4) is 0 Å². The molecule has 3 amide bonds. The lowest BCUT2D eigenvalue weighted by atomic mass is 9.87. The van der Waals surface area contributed by atoms with Crippen LogP contribution < -0.4 is 5.32 Å². The quantitative estimate of drug-likeness (QED) is 0.829. The van der Waals surface area contributed by atoms with Gasteiger partial charge in [0.15, 0.2) is 0 Å². The predicted molar refractivity (Wildman–Crippen MR) is 79.7 cm³/mol. The highest BCUT2D eigenvalue weighted by molar-refractivity contribution is 6.06. The minimum Gasteiger partial charge on any atom is -0.323 e. The molecule has 6 nitrogen and oxygen atoms in total. The molecule has 1 aromatic rings. The monoisotopic (exact) mass is 298 g/mol. The molecule has 0 aromatic heterocycles. The number of nitriles is 1. The zero-order chi connectivity index (χ0) is 15.7. The molecule has 0 saturated carbocycles. The van der Waals surface area contributed by atoms with Gasteiger partial charge in [0.1, 0.15) is 5.54 Å². The number of amides is 3. The number of nitrogens with zero attached hydrogens (tertiary/aromatic N) is 3. The zero-order valence-electron chi connectivity index (χ0n) is 12.5. The van der Waals surface area contributed by atoms with Gasteiger partial charge in [-0.25, -0.2) is 4.79 Å². The summed E-state index contributed by atoms with van der Waals surface area (Å²) in [6.07, 6.45) is 1.22. The van der Waals surface area contributed by atoms with E-state index in [0.29, 0.717) is 24.9 Å². The summed E-state index contributed by atoms with van der Waals surface area (Å²) in [5.74, 6) is -0.130. The van der Waals surface area contributed by atoms with Crippen molar-refractivity contribution in [1.29, 1.82) is 5.26 Å². The molecule has 0 unspecified atom stereocenters. The molecule has 2 heterocycles. The van der Waals surface area contributed by atoms with Crippen LogP contribution in [0.5, 0.6) is 0 Å². The van der Waals surface area contributed by atoms with E-state index in [1.54, 1.807) is 0 Å². The normalized spacial score (nSPS) is 21.0. The lowest BCUT2D eigenvalue weighted by Crippen LogP contribution is -2.54. The van der Waals surface area contributed by atoms with Gasteiger partial charge < -0.3 is 5.32 Å². The maximum atomic E-state index is 12.2. The number of hydrogen-bond donors (Lipinski definition) is 1. The van der Waals surface area contributed by atoms with Gasteiger partial charge in [-0.05, 0) is 24.5 Å². The lowest BCUT2D eigenvalue weighted by Gasteiger charge is -2.37. The first kappa shape index (κ1) is 14.5. The van der Waals surface area contributed by atoms with Crippen molar-refractivity contribution in [2.24, 2.45) is 0 Å². The first-order valence-electron chi connectivity index (χ1n) is 7.36. The molecule has 1 aromatic carbocycles. The molecule has 0 bridgehead atoms. The fraction of sp³-hybridized carbons (Fsp3) is 0.438. The molecule has 22 heavy (non-hydrogen) atoms. The van der Waals surface area contributed by atoms with Crippen molar-refractivity contribution in [3.05, 3.63) is 35.4 Å². The van der Waals surface area contributed by atoms with Crippen LogP contribution in [-0.4, -0.2) is 47.4 Å². The number of nitrogens with one attached hydrogen (secondary N) is 1. The summed E-state index contributed by atoms with van der Waals surface area (Å²) in [6.45, 7) is 2.14. The fourth-order valence-electron chi connectivity index (χ4n) is 3.20. The van der Waals surface area contributed by atoms with Crippen molar-refractivity contribution in [2.75, 3.05) is 20.1 Å². The second-order valence-electron chi connectivity index (χ2n) is 5.92. The Bertz CT molecular complexity index is 656. The molecule has 2 saturated heterocycles. The smallest absolute Gasteiger partial charge is 0.323 e. The van der Waals surface area contributed by atoms with Crippen molar-refractivity contribution < 1.29 is 9.59 Å². The van der Waals surface area contributed by atoms with Gasteiger partial charge in [0.2, 0.25) is 0 Å². The predicted octanol–water partition coefficient (Wildman–Crippen LogP) is 1.07. The number of rotatable bonds is 2. The van der Waals surface area contributed by atoms with Crippen molar-refractivity contribution in [3.63, 3.8) is 0 Å². The number of likely N-dealkylation sites (N-methyl/N-ethyl adjacent to an activating group) is 1. The van der Waals surface area contributed by atoms with Gasteiger partial charge in [-0.1, -0.05) is 18.2 Å². The van der Waals surface area contributed by atoms with Crippen molar-refractivity contribution in [3.8, 4) is 6.07 Å². The summed E-state index contributed by atoms with van der Waals surface area (Å²) < 4.78 is 0. The first-order valence-corrected chi connectivity index (χ1v) is 7.36. The third kappa shape index (κ3) is 2.34.